The average Bonchev–Trinajstić information content (AvgIpc) is 1.83. The van der Waals surface area contributed by atoms with E-state index in [2.05, 4.69) is 19.9 Å². The third-order valence-electron chi connectivity index (χ3n) is 1.85. The Kier molecular flexibility index (Phi) is 1.60. The smallest absolute Gasteiger partial charge is 0.0329 e. The van der Waals surface area contributed by atoms with E-state index in [1.54, 1.807) is 0 Å². The van der Waals surface area contributed by atoms with Gasteiger partial charge in [0.15, 0.2) is 0 Å². The van der Waals surface area contributed by atoms with Gasteiger partial charge in [-0.3, -0.25) is 0 Å². The molecule has 0 unspecified atom stereocenters. The van der Waals surface area contributed by atoms with Gasteiger partial charge in [0.25, 0.3) is 0 Å². The van der Waals surface area contributed by atoms with Crippen LogP contribution in [0.5, 0.6) is 0 Å². The molecule has 9 heavy (non-hydrogen) atoms. The highest BCUT2D eigenvalue weighted by Crippen LogP contribution is 2.19. The maximum absolute atomic E-state index is 5.73. The van der Waals surface area contributed by atoms with E-state index in [0.717, 1.165) is 12.1 Å². The van der Waals surface area contributed by atoms with Crippen LogP contribution in [0.4, 0.5) is 0 Å². The molecular weight excluding hydrogens is 110 g/mol. The van der Waals surface area contributed by atoms with Crippen LogP contribution in [0.2, 0.25) is 0 Å². The number of allylic oxidation sites excluding steroid dienone is 3. The first-order chi connectivity index (χ1) is 4.22. The van der Waals surface area contributed by atoms with Crippen molar-refractivity contribution in [3.05, 3.63) is 22.9 Å². The van der Waals surface area contributed by atoms with E-state index in [4.69, 9.17) is 5.73 Å². The fourth-order valence-electron chi connectivity index (χ4n) is 1.09. The van der Waals surface area contributed by atoms with E-state index in [1.165, 1.54) is 17.6 Å². The molecule has 0 saturated heterocycles. The summed E-state index contributed by atoms with van der Waals surface area (Å²) in [5.74, 6) is 0. The van der Waals surface area contributed by atoms with Gasteiger partial charge in [-0.25, -0.2) is 0 Å². The maximum Gasteiger partial charge on any atom is 0.0329 e. The van der Waals surface area contributed by atoms with E-state index in [-0.39, 0.29) is 0 Å². The predicted octanol–water partition coefficient (Wildman–Crippen LogP) is 1.96. The van der Waals surface area contributed by atoms with Crippen LogP contribution in [0.15, 0.2) is 22.9 Å². The summed E-state index contributed by atoms with van der Waals surface area (Å²) in [5, 5.41) is 0. The van der Waals surface area contributed by atoms with Gasteiger partial charge in [0, 0.05) is 5.70 Å². The minimum atomic E-state index is 1.00. The first-order valence-electron chi connectivity index (χ1n) is 3.34. The Morgan fingerprint density at radius 2 is 2.11 bits per heavy atom. The SMILES string of the molecule is CC1=CCCC(C)=C1N. The fraction of sp³-hybridized carbons (Fsp3) is 0.500. The number of hydrogen-bond donors (Lipinski definition) is 1. The fourth-order valence-corrected chi connectivity index (χ4v) is 1.09. The molecule has 0 spiro atoms. The van der Waals surface area contributed by atoms with Crippen molar-refractivity contribution in [2.75, 3.05) is 0 Å². The standard InChI is InChI=1S/C8H13N/c1-6-4-3-5-7(2)8(6)9/h4H,3,5,9H2,1-2H3. The molecule has 1 rings (SSSR count). The minimum absolute atomic E-state index is 1.00. The summed E-state index contributed by atoms with van der Waals surface area (Å²) in [5.41, 5.74) is 9.33. The third-order valence-corrected chi connectivity index (χ3v) is 1.85. The van der Waals surface area contributed by atoms with E-state index < -0.39 is 0 Å². The highest BCUT2D eigenvalue weighted by Gasteiger charge is 2.03. The molecule has 0 radical (unpaired) electrons. The van der Waals surface area contributed by atoms with Crippen molar-refractivity contribution in [2.24, 2.45) is 5.73 Å². The van der Waals surface area contributed by atoms with Crippen LogP contribution in [0, 0.1) is 0 Å². The van der Waals surface area contributed by atoms with Gasteiger partial charge in [-0.1, -0.05) is 6.08 Å². The van der Waals surface area contributed by atoms with Crippen molar-refractivity contribution in [3.63, 3.8) is 0 Å². The van der Waals surface area contributed by atoms with Gasteiger partial charge in [0.1, 0.15) is 0 Å². The van der Waals surface area contributed by atoms with Gasteiger partial charge in [-0.2, -0.15) is 0 Å². The molecule has 0 aromatic heterocycles. The first kappa shape index (κ1) is 6.40. The molecule has 0 bridgehead atoms. The summed E-state index contributed by atoms with van der Waals surface area (Å²) in [7, 11) is 0. The van der Waals surface area contributed by atoms with Crippen molar-refractivity contribution >= 4 is 0 Å². The predicted molar refractivity (Wildman–Crippen MR) is 39.9 cm³/mol. The Bertz CT molecular complexity index is 175. The molecule has 2 N–H and O–H groups in total. The zero-order valence-corrected chi connectivity index (χ0v) is 6.07. The van der Waals surface area contributed by atoms with Crippen LogP contribution in [0.1, 0.15) is 26.7 Å². The van der Waals surface area contributed by atoms with Crippen molar-refractivity contribution < 1.29 is 0 Å². The Hall–Kier alpha value is -0.720. The summed E-state index contributed by atoms with van der Waals surface area (Å²) in [6.07, 6.45) is 4.50. The summed E-state index contributed by atoms with van der Waals surface area (Å²) in [6, 6.07) is 0. The van der Waals surface area contributed by atoms with Crippen LogP contribution in [0.3, 0.4) is 0 Å². The second-order valence-electron chi connectivity index (χ2n) is 2.62. The van der Waals surface area contributed by atoms with Crippen molar-refractivity contribution in [2.45, 2.75) is 26.7 Å². The largest absolute Gasteiger partial charge is 0.399 e. The van der Waals surface area contributed by atoms with Crippen LogP contribution in [0.25, 0.3) is 0 Å². The van der Waals surface area contributed by atoms with Crippen molar-refractivity contribution in [1.29, 1.82) is 0 Å². The van der Waals surface area contributed by atoms with E-state index in [0.29, 0.717) is 0 Å². The summed E-state index contributed by atoms with van der Waals surface area (Å²) >= 11 is 0. The highest BCUT2D eigenvalue weighted by atomic mass is 14.6. The van der Waals surface area contributed by atoms with Gasteiger partial charge in [0.2, 0.25) is 0 Å². The third kappa shape index (κ3) is 1.15. The molecule has 0 aromatic carbocycles. The molecule has 0 fully saturated rings. The monoisotopic (exact) mass is 123 g/mol. The molecule has 0 heterocycles. The Labute approximate surface area is 56.2 Å². The lowest BCUT2D eigenvalue weighted by Gasteiger charge is -2.12. The quantitative estimate of drug-likeness (QED) is 0.523. The topological polar surface area (TPSA) is 26.0 Å². The van der Waals surface area contributed by atoms with E-state index in [1.807, 2.05) is 0 Å². The van der Waals surface area contributed by atoms with Crippen molar-refractivity contribution in [1.82, 2.24) is 0 Å². The van der Waals surface area contributed by atoms with Gasteiger partial charge >= 0.3 is 0 Å². The number of rotatable bonds is 0. The Morgan fingerprint density at radius 3 is 2.56 bits per heavy atom. The Balaban J connectivity index is 2.88. The molecule has 1 aliphatic carbocycles. The number of hydrogen-bond acceptors (Lipinski definition) is 1. The molecular formula is C8H13N. The van der Waals surface area contributed by atoms with E-state index >= 15 is 0 Å². The highest BCUT2D eigenvalue weighted by molar-refractivity contribution is 5.33. The zero-order chi connectivity index (χ0) is 6.85. The average molecular weight is 123 g/mol. The summed E-state index contributed by atoms with van der Waals surface area (Å²) in [4.78, 5) is 0. The van der Waals surface area contributed by atoms with Crippen LogP contribution >= 0.6 is 0 Å². The first-order valence-corrected chi connectivity index (χ1v) is 3.34. The number of nitrogens with two attached hydrogens (primary N) is 1. The molecule has 0 aromatic rings. The van der Waals surface area contributed by atoms with E-state index in [9.17, 15) is 0 Å². The molecule has 1 aliphatic rings. The molecule has 0 aliphatic heterocycles. The molecule has 0 saturated carbocycles. The lowest BCUT2D eigenvalue weighted by molar-refractivity contribution is 0.911. The minimum Gasteiger partial charge on any atom is -0.399 e. The van der Waals surface area contributed by atoms with Crippen LogP contribution in [-0.4, -0.2) is 0 Å². The molecule has 1 heteroatoms. The maximum atomic E-state index is 5.73. The lowest BCUT2D eigenvalue weighted by Crippen LogP contribution is -2.05. The molecule has 0 amide bonds. The molecule has 0 atom stereocenters. The lowest BCUT2D eigenvalue weighted by atomic mass is 9.99. The normalized spacial score (nSPS) is 20.0. The van der Waals surface area contributed by atoms with Crippen LogP contribution < -0.4 is 5.73 Å². The molecule has 1 nitrogen and oxygen atoms in total. The zero-order valence-electron chi connectivity index (χ0n) is 6.07. The van der Waals surface area contributed by atoms with Gasteiger partial charge in [0.05, 0.1) is 0 Å². The van der Waals surface area contributed by atoms with Crippen LogP contribution in [-0.2, 0) is 0 Å². The van der Waals surface area contributed by atoms with Crippen molar-refractivity contribution in [3.8, 4) is 0 Å². The second-order valence-corrected chi connectivity index (χ2v) is 2.62. The summed E-state index contributed by atoms with van der Waals surface area (Å²) < 4.78 is 0. The summed E-state index contributed by atoms with van der Waals surface area (Å²) in [6.45, 7) is 4.17. The Morgan fingerprint density at radius 1 is 1.44 bits per heavy atom. The van der Waals surface area contributed by atoms with Gasteiger partial charge < -0.3 is 5.73 Å². The second kappa shape index (κ2) is 2.26. The van der Waals surface area contributed by atoms with Gasteiger partial charge in [-0.15, -0.1) is 0 Å². The molecule has 50 valence electrons. The van der Waals surface area contributed by atoms with Gasteiger partial charge in [-0.05, 0) is 37.8 Å².